The standard InChI is InChI=1S/C17H17N3O3S2/c1-10-5-4-6-13(11(10)2)18-16-19-20-17(25-16)24-9-12-7-8-23-14(12)15(21)22-3/h4-8H,9H2,1-3H3,(H,18,19). The highest BCUT2D eigenvalue weighted by atomic mass is 32.2. The summed E-state index contributed by atoms with van der Waals surface area (Å²) in [6.07, 6.45) is 1.48. The molecule has 3 aromatic rings. The van der Waals surface area contributed by atoms with E-state index in [0.717, 1.165) is 20.7 Å². The molecule has 130 valence electrons. The Hall–Kier alpha value is -2.32. The maximum Gasteiger partial charge on any atom is 0.374 e. The Morgan fingerprint density at radius 3 is 2.96 bits per heavy atom. The van der Waals surface area contributed by atoms with Crippen LogP contribution in [0, 0.1) is 13.8 Å². The summed E-state index contributed by atoms with van der Waals surface area (Å²) < 4.78 is 10.7. The van der Waals surface area contributed by atoms with Gasteiger partial charge in [0.15, 0.2) is 4.34 Å². The number of carbonyl (C=O) groups excluding carboxylic acids is 1. The molecular formula is C17H17N3O3S2. The van der Waals surface area contributed by atoms with Gasteiger partial charge in [-0.05, 0) is 37.1 Å². The summed E-state index contributed by atoms with van der Waals surface area (Å²) in [5.74, 6) is 0.308. The van der Waals surface area contributed by atoms with Gasteiger partial charge in [0.1, 0.15) is 0 Å². The van der Waals surface area contributed by atoms with Crippen LogP contribution in [0.15, 0.2) is 39.3 Å². The first-order valence-corrected chi connectivity index (χ1v) is 9.33. The van der Waals surface area contributed by atoms with Gasteiger partial charge in [0, 0.05) is 17.0 Å². The number of nitrogens with zero attached hydrogens (tertiary/aromatic N) is 2. The Morgan fingerprint density at radius 1 is 1.32 bits per heavy atom. The first-order chi connectivity index (χ1) is 12.1. The molecule has 0 saturated heterocycles. The number of esters is 1. The van der Waals surface area contributed by atoms with E-state index >= 15 is 0 Å². The molecule has 1 aromatic carbocycles. The number of hydrogen-bond acceptors (Lipinski definition) is 8. The lowest BCUT2D eigenvalue weighted by molar-refractivity contribution is 0.0564. The third-order valence-electron chi connectivity index (χ3n) is 3.72. The van der Waals surface area contributed by atoms with Gasteiger partial charge in [-0.15, -0.1) is 10.2 Å². The van der Waals surface area contributed by atoms with Gasteiger partial charge in [-0.1, -0.05) is 35.2 Å². The molecule has 0 spiro atoms. The molecule has 8 heteroatoms. The second kappa shape index (κ2) is 7.71. The zero-order valence-electron chi connectivity index (χ0n) is 14.0. The molecule has 1 N–H and O–H groups in total. The van der Waals surface area contributed by atoms with Crippen LogP contribution in [-0.2, 0) is 10.5 Å². The molecule has 0 fully saturated rings. The second-order valence-electron chi connectivity index (χ2n) is 5.30. The zero-order valence-corrected chi connectivity index (χ0v) is 15.7. The van der Waals surface area contributed by atoms with Crippen LogP contribution in [0.1, 0.15) is 27.2 Å². The van der Waals surface area contributed by atoms with Crippen LogP contribution in [0.2, 0.25) is 0 Å². The van der Waals surface area contributed by atoms with Gasteiger partial charge in [-0.25, -0.2) is 4.79 Å². The molecule has 0 aliphatic heterocycles. The minimum absolute atomic E-state index is 0.230. The summed E-state index contributed by atoms with van der Waals surface area (Å²) in [6.45, 7) is 4.15. The van der Waals surface area contributed by atoms with E-state index in [0.29, 0.717) is 5.75 Å². The van der Waals surface area contributed by atoms with Crippen molar-refractivity contribution < 1.29 is 13.9 Å². The average molecular weight is 375 g/mol. The number of aromatic nitrogens is 2. The van der Waals surface area contributed by atoms with E-state index in [4.69, 9.17) is 9.15 Å². The van der Waals surface area contributed by atoms with Crippen molar-refractivity contribution in [1.82, 2.24) is 10.2 Å². The maximum absolute atomic E-state index is 11.6. The molecule has 0 saturated carbocycles. The molecule has 0 atom stereocenters. The van der Waals surface area contributed by atoms with Crippen LogP contribution < -0.4 is 5.32 Å². The largest absolute Gasteiger partial charge is 0.463 e. The Bertz CT molecular complexity index is 889. The number of rotatable bonds is 6. The minimum Gasteiger partial charge on any atom is -0.463 e. The monoisotopic (exact) mass is 375 g/mol. The predicted octanol–water partition coefficient (Wildman–Crippen LogP) is 4.57. The topological polar surface area (TPSA) is 77.2 Å². The lowest BCUT2D eigenvalue weighted by Gasteiger charge is -2.08. The van der Waals surface area contributed by atoms with Crippen LogP contribution >= 0.6 is 23.1 Å². The maximum atomic E-state index is 11.6. The third-order valence-corrected chi connectivity index (χ3v) is 5.74. The van der Waals surface area contributed by atoms with Gasteiger partial charge < -0.3 is 14.5 Å². The Kier molecular flexibility index (Phi) is 5.40. The lowest BCUT2D eigenvalue weighted by atomic mass is 10.1. The first-order valence-electron chi connectivity index (χ1n) is 7.52. The highest BCUT2D eigenvalue weighted by Crippen LogP contribution is 2.32. The summed E-state index contributed by atoms with van der Waals surface area (Å²) in [5, 5.41) is 12.4. The van der Waals surface area contributed by atoms with E-state index in [2.05, 4.69) is 35.4 Å². The van der Waals surface area contributed by atoms with Gasteiger partial charge in [0.2, 0.25) is 10.9 Å². The van der Waals surface area contributed by atoms with Crippen molar-refractivity contribution in [2.45, 2.75) is 23.9 Å². The Labute approximate surface area is 153 Å². The number of furan rings is 1. The number of benzene rings is 1. The summed E-state index contributed by atoms with van der Waals surface area (Å²) in [5.41, 5.74) is 4.21. The molecule has 2 aromatic heterocycles. The molecule has 0 amide bonds. The van der Waals surface area contributed by atoms with Crippen LogP contribution in [-0.4, -0.2) is 23.3 Å². The molecule has 0 unspecified atom stereocenters. The van der Waals surface area contributed by atoms with Crippen LogP contribution in [0.3, 0.4) is 0 Å². The number of aryl methyl sites for hydroxylation is 1. The fraction of sp³-hybridized carbons (Fsp3) is 0.235. The summed E-state index contributed by atoms with van der Waals surface area (Å²) in [7, 11) is 1.33. The number of thioether (sulfide) groups is 1. The summed E-state index contributed by atoms with van der Waals surface area (Å²) >= 11 is 2.96. The van der Waals surface area contributed by atoms with E-state index in [1.54, 1.807) is 6.07 Å². The minimum atomic E-state index is -0.477. The Morgan fingerprint density at radius 2 is 2.16 bits per heavy atom. The van der Waals surface area contributed by atoms with E-state index in [9.17, 15) is 4.79 Å². The van der Waals surface area contributed by atoms with E-state index in [1.165, 1.54) is 47.6 Å². The van der Waals surface area contributed by atoms with Crippen molar-refractivity contribution in [3.05, 3.63) is 53.0 Å². The van der Waals surface area contributed by atoms with Crippen molar-refractivity contribution in [2.24, 2.45) is 0 Å². The van der Waals surface area contributed by atoms with Crippen molar-refractivity contribution in [3.8, 4) is 0 Å². The molecule has 0 aliphatic carbocycles. The van der Waals surface area contributed by atoms with Gasteiger partial charge in [0.25, 0.3) is 0 Å². The van der Waals surface area contributed by atoms with Crippen molar-refractivity contribution in [1.29, 1.82) is 0 Å². The SMILES string of the molecule is COC(=O)c1occc1CSc1nnc(Nc2cccc(C)c2C)s1. The molecule has 2 heterocycles. The number of hydrogen-bond donors (Lipinski definition) is 1. The summed E-state index contributed by atoms with van der Waals surface area (Å²) in [6, 6.07) is 7.86. The van der Waals surface area contributed by atoms with E-state index in [1.807, 2.05) is 12.1 Å². The fourth-order valence-electron chi connectivity index (χ4n) is 2.18. The molecule has 3 rings (SSSR count). The number of nitrogens with one attached hydrogen (secondary N) is 1. The van der Waals surface area contributed by atoms with Gasteiger partial charge in [0.05, 0.1) is 13.4 Å². The van der Waals surface area contributed by atoms with Crippen LogP contribution in [0.5, 0.6) is 0 Å². The molecule has 0 aliphatic rings. The summed E-state index contributed by atoms with van der Waals surface area (Å²) in [4.78, 5) is 11.6. The average Bonchev–Trinajstić information content (AvgIpc) is 3.25. The van der Waals surface area contributed by atoms with E-state index < -0.39 is 5.97 Å². The quantitative estimate of drug-likeness (QED) is 0.499. The van der Waals surface area contributed by atoms with Crippen molar-refractivity contribution in [2.75, 3.05) is 12.4 Å². The van der Waals surface area contributed by atoms with Gasteiger partial charge in [-0.2, -0.15) is 0 Å². The van der Waals surface area contributed by atoms with E-state index in [-0.39, 0.29) is 5.76 Å². The van der Waals surface area contributed by atoms with Crippen LogP contribution in [0.25, 0.3) is 0 Å². The fourth-order valence-corrected chi connectivity index (χ4v) is 3.92. The first kappa shape index (κ1) is 17.5. The number of anilines is 2. The molecule has 6 nitrogen and oxygen atoms in total. The number of carbonyl (C=O) groups is 1. The van der Waals surface area contributed by atoms with Gasteiger partial charge in [-0.3, -0.25) is 0 Å². The second-order valence-corrected chi connectivity index (χ2v) is 7.50. The normalized spacial score (nSPS) is 10.7. The Balaban J connectivity index is 1.65. The van der Waals surface area contributed by atoms with Crippen molar-refractivity contribution in [3.63, 3.8) is 0 Å². The molecular weight excluding hydrogens is 358 g/mol. The molecule has 0 bridgehead atoms. The highest BCUT2D eigenvalue weighted by Gasteiger charge is 2.16. The number of ether oxygens (including phenoxy) is 1. The smallest absolute Gasteiger partial charge is 0.374 e. The highest BCUT2D eigenvalue weighted by molar-refractivity contribution is 8.00. The third kappa shape index (κ3) is 4.02. The number of methoxy groups -OCH3 is 1. The molecule has 25 heavy (non-hydrogen) atoms. The van der Waals surface area contributed by atoms with Gasteiger partial charge >= 0.3 is 5.97 Å². The zero-order chi connectivity index (χ0) is 17.8. The molecule has 0 radical (unpaired) electrons. The van der Waals surface area contributed by atoms with Crippen LogP contribution in [0.4, 0.5) is 10.8 Å². The van der Waals surface area contributed by atoms with Crippen molar-refractivity contribution >= 4 is 39.9 Å². The predicted molar refractivity (Wildman–Crippen MR) is 98.7 cm³/mol. The lowest BCUT2D eigenvalue weighted by Crippen LogP contribution is -2.02.